The normalized spacial score (nSPS) is 13.2. The second-order valence-corrected chi connectivity index (χ2v) is 6.33. The number of nitrogens with zero attached hydrogens (tertiary/aromatic N) is 1. The smallest absolute Gasteiger partial charge is 0.307 e. The summed E-state index contributed by atoms with van der Waals surface area (Å²) in [6.07, 6.45) is 2.17. The summed E-state index contributed by atoms with van der Waals surface area (Å²) in [4.78, 5) is 26.2. The Kier molecular flexibility index (Phi) is 6.02. The lowest BCUT2D eigenvalue weighted by molar-refractivity contribution is -0.140. The molecule has 1 N–H and O–H groups in total. The van der Waals surface area contributed by atoms with E-state index < -0.39 is 0 Å². The molecule has 1 aliphatic rings. The molecule has 0 aromatic heterocycles. The lowest BCUT2D eigenvalue weighted by Crippen LogP contribution is -2.37. The molecule has 0 unspecified atom stereocenters. The van der Waals surface area contributed by atoms with Crippen molar-refractivity contribution < 1.29 is 14.3 Å². The topological polar surface area (TPSA) is 58.6 Å². The third-order valence-corrected chi connectivity index (χ3v) is 4.01. The average Bonchev–Trinajstić information content (AvgIpc) is 2.56. The van der Waals surface area contributed by atoms with Gasteiger partial charge in [0, 0.05) is 30.9 Å². The van der Waals surface area contributed by atoms with E-state index in [9.17, 15) is 9.59 Å². The first-order valence-corrected chi connectivity index (χ1v) is 8.24. The molecule has 1 heterocycles. The fourth-order valence-electron chi connectivity index (χ4n) is 2.93. The van der Waals surface area contributed by atoms with Crippen LogP contribution in [-0.4, -0.2) is 43.5 Å². The summed E-state index contributed by atoms with van der Waals surface area (Å²) in [5, 5.41) is 3.35. The largest absolute Gasteiger partial charge is 0.469 e. The second kappa shape index (κ2) is 7.99. The van der Waals surface area contributed by atoms with Gasteiger partial charge in [0.2, 0.25) is 0 Å². The van der Waals surface area contributed by atoms with Gasteiger partial charge in [-0.05, 0) is 36.5 Å². The number of ether oxygens (including phenoxy) is 1. The highest BCUT2D eigenvalue weighted by Crippen LogP contribution is 2.26. The van der Waals surface area contributed by atoms with Crippen molar-refractivity contribution in [1.82, 2.24) is 4.90 Å². The molecule has 5 heteroatoms. The van der Waals surface area contributed by atoms with Crippen LogP contribution in [0, 0.1) is 5.92 Å². The molecule has 0 bridgehead atoms. The predicted octanol–water partition coefficient (Wildman–Crippen LogP) is 2.71. The molecule has 1 aliphatic heterocycles. The zero-order valence-corrected chi connectivity index (χ0v) is 14.2. The van der Waals surface area contributed by atoms with Crippen molar-refractivity contribution >= 4 is 17.6 Å². The first-order valence-electron chi connectivity index (χ1n) is 8.24. The van der Waals surface area contributed by atoms with E-state index >= 15 is 0 Å². The van der Waals surface area contributed by atoms with Crippen molar-refractivity contribution in [2.24, 2.45) is 5.92 Å². The minimum absolute atomic E-state index is 0.00292. The van der Waals surface area contributed by atoms with E-state index in [1.165, 1.54) is 7.11 Å². The Morgan fingerprint density at radius 3 is 2.83 bits per heavy atom. The van der Waals surface area contributed by atoms with Gasteiger partial charge in [-0.25, -0.2) is 0 Å². The molecule has 1 aromatic carbocycles. The van der Waals surface area contributed by atoms with E-state index in [0.29, 0.717) is 19.0 Å². The second-order valence-electron chi connectivity index (χ2n) is 6.33. The quantitative estimate of drug-likeness (QED) is 0.819. The fourth-order valence-corrected chi connectivity index (χ4v) is 2.93. The SMILES string of the molecule is COC(=O)CCN(CC(C)C)C(=O)c1cccc2c1CCCN2. The lowest BCUT2D eigenvalue weighted by Gasteiger charge is -2.27. The number of fused-ring (bicyclic) bond motifs is 1. The maximum Gasteiger partial charge on any atom is 0.307 e. The van der Waals surface area contributed by atoms with Gasteiger partial charge >= 0.3 is 5.97 Å². The summed E-state index contributed by atoms with van der Waals surface area (Å²) in [6.45, 7) is 6.11. The number of hydrogen-bond donors (Lipinski definition) is 1. The predicted molar refractivity (Wildman–Crippen MR) is 90.6 cm³/mol. The van der Waals surface area contributed by atoms with Crippen LogP contribution in [0.15, 0.2) is 18.2 Å². The molecule has 1 amide bonds. The van der Waals surface area contributed by atoms with Crippen LogP contribution in [-0.2, 0) is 16.0 Å². The van der Waals surface area contributed by atoms with Gasteiger partial charge in [0.1, 0.15) is 0 Å². The molecule has 0 saturated heterocycles. The standard InChI is InChI=1S/C18H26N2O3/c1-13(2)12-20(11-9-17(21)23-3)18(22)15-6-4-8-16-14(15)7-5-10-19-16/h4,6,8,13,19H,5,7,9-12H2,1-3H3. The summed E-state index contributed by atoms with van der Waals surface area (Å²) in [5.74, 6) is 0.0562. The van der Waals surface area contributed by atoms with Crippen LogP contribution < -0.4 is 5.32 Å². The zero-order valence-electron chi connectivity index (χ0n) is 14.2. The Labute approximate surface area is 138 Å². The Morgan fingerprint density at radius 1 is 1.35 bits per heavy atom. The van der Waals surface area contributed by atoms with Gasteiger partial charge in [0.25, 0.3) is 5.91 Å². The Morgan fingerprint density at radius 2 is 2.13 bits per heavy atom. The van der Waals surface area contributed by atoms with Crippen LogP contribution in [0.4, 0.5) is 5.69 Å². The molecule has 0 fully saturated rings. The molecule has 0 saturated carbocycles. The number of rotatable bonds is 6. The highest BCUT2D eigenvalue weighted by atomic mass is 16.5. The van der Waals surface area contributed by atoms with E-state index in [4.69, 9.17) is 4.74 Å². The number of carbonyl (C=O) groups excluding carboxylic acids is 2. The number of esters is 1. The van der Waals surface area contributed by atoms with Crippen LogP contribution in [0.1, 0.15) is 42.6 Å². The maximum atomic E-state index is 13.0. The van der Waals surface area contributed by atoms with Crippen LogP contribution in [0.5, 0.6) is 0 Å². The van der Waals surface area contributed by atoms with Crippen molar-refractivity contribution in [3.8, 4) is 0 Å². The Bertz CT molecular complexity index is 569. The number of hydrogen-bond acceptors (Lipinski definition) is 4. The third kappa shape index (κ3) is 4.47. The molecule has 23 heavy (non-hydrogen) atoms. The third-order valence-electron chi connectivity index (χ3n) is 4.01. The van der Waals surface area contributed by atoms with Gasteiger partial charge < -0.3 is 15.0 Å². The number of amides is 1. The number of nitrogens with one attached hydrogen (secondary N) is 1. The summed E-state index contributed by atoms with van der Waals surface area (Å²) in [6, 6.07) is 5.82. The molecule has 0 atom stereocenters. The van der Waals surface area contributed by atoms with E-state index in [-0.39, 0.29) is 18.3 Å². The van der Waals surface area contributed by atoms with Crippen molar-refractivity contribution in [1.29, 1.82) is 0 Å². The molecule has 2 rings (SSSR count). The molecular weight excluding hydrogens is 292 g/mol. The minimum Gasteiger partial charge on any atom is -0.469 e. The summed E-state index contributed by atoms with van der Waals surface area (Å²) >= 11 is 0. The van der Waals surface area contributed by atoms with E-state index in [1.807, 2.05) is 18.2 Å². The molecule has 0 radical (unpaired) electrons. The van der Waals surface area contributed by atoms with E-state index in [0.717, 1.165) is 36.2 Å². The number of anilines is 1. The first-order chi connectivity index (χ1) is 11.0. The van der Waals surface area contributed by atoms with Crippen molar-refractivity contribution in [2.45, 2.75) is 33.1 Å². The van der Waals surface area contributed by atoms with Crippen molar-refractivity contribution in [2.75, 3.05) is 32.1 Å². The summed E-state index contributed by atoms with van der Waals surface area (Å²) < 4.78 is 4.69. The van der Waals surface area contributed by atoms with E-state index in [1.54, 1.807) is 4.90 Å². The summed E-state index contributed by atoms with van der Waals surface area (Å²) in [5.41, 5.74) is 2.90. The highest BCUT2D eigenvalue weighted by Gasteiger charge is 2.23. The zero-order chi connectivity index (χ0) is 16.8. The van der Waals surface area contributed by atoms with Crippen LogP contribution in [0.2, 0.25) is 0 Å². The summed E-state index contributed by atoms with van der Waals surface area (Å²) in [7, 11) is 1.37. The number of benzene rings is 1. The van der Waals surface area contributed by atoms with Crippen LogP contribution in [0.25, 0.3) is 0 Å². The Hall–Kier alpha value is -2.04. The van der Waals surface area contributed by atoms with Crippen LogP contribution in [0.3, 0.4) is 0 Å². The Balaban J connectivity index is 2.21. The van der Waals surface area contributed by atoms with E-state index in [2.05, 4.69) is 19.2 Å². The average molecular weight is 318 g/mol. The molecular formula is C18H26N2O3. The van der Waals surface area contributed by atoms with Crippen molar-refractivity contribution in [3.63, 3.8) is 0 Å². The lowest BCUT2D eigenvalue weighted by atomic mass is 9.96. The fraction of sp³-hybridized carbons (Fsp3) is 0.556. The van der Waals surface area contributed by atoms with Crippen LogP contribution >= 0.6 is 0 Å². The monoisotopic (exact) mass is 318 g/mol. The molecule has 126 valence electrons. The molecule has 5 nitrogen and oxygen atoms in total. The molecule has 1 aromatic rings. The van der Waals surface area contributed by atoms with Gasteiger partial charge in [0.05, 0.1) is 13.5 Å². The maximum absolute atomic E-state index is 13.0. The van der Waals surface area contributed by atoms with Gasteiger partial charge in [-0.2, -0.15) is 0 Å². The number of carbonyl (C=O) groups is 2. The van der Waals surface area contributed by atoms with Gasteiger partial charge in [-0.3, -0.25) is 9.59 Å². The minimum atomic E-state index is -0.289. The molecule has 0 aliphatic carbocycles. The number of methoxy groups -OCH3 is 1. The van der Waals surface area contributed by atoms with Gasteiger partial charge in [-0.15, -0.1) is 0 Å². The highest BCUT2D eigenvalue weighted by molar-refractivity contribution is 5.97. The molecule has 0 spiro atoms. The van der Waals surface area contributed by atoms with Crippen molar-refractivity contribution in [3.05, 3.63) is 29.3 Å². The first kappa shape index (κ1) is 17.3. The van der Waals surface area contributed by atoms with Gasteiger partial charge in [-0.1, -0.05) is 19.9 Å². The van der Waals surface area contributed by atoms with Gasteiger partial charge in [0.15, 0.2) is 0 Å².